The summed E-state index contributed by atoms with van der Waals surface area (Å²) in [5.41, 5.74) is 2.40. The number of rotatable bonds is 4. The minimum atomic E-state index is 0.145. The van der Waals surface area contributed by atoms with Crippen LogP contribution in [0.4, 0.5) is 0 Å². The molecule has 2 N–H and O–H groups in total. The second-order valence-corrected chi connectivity index (χ2v) is 5.65. The Bertz CT molecular complexity index is 413. The summed E-state index contributed by atoms with van der Waals surface area (Å²) in [5, 5.41) is 6.45. The molecule has 2 rings (SSSR count). The van der Waals surface area contributed by atoms with Crippen molar-refractivity contribution in [3.05, 3.63) is 35.4 Å². The van der Waals surface area contributed by atoms with Gasteiger partial charge in [0.25, 0.3) is 0 Å². The van der Waals surface area contributed by atoms with Gasteiger partial charge in [-0.25, -0.2) is 0 Å². The van der Waals surface area contributed by atoms with E-state index in [1.807, 2.05) is 0 Å². The predicted molar refractivity (Wildman–Crippen MR) is 77.8 cm³/mol. The van der Waals surface area contributed by atoms with Crippen LogP contribution in [-0.2, 0) is 11.3 Å². The summed E-state index contributed by atoms with van der Waals surface area (Å²) in [6.45, 7) is 5.96. The first-order chi connectivity index (χ1) is 9.15. The van der Waals surface area contributed by atoms with Crippen LogP contribution in [0.1, 0.15) is 37.3 Å². The molecule has 3 heteroatoms. The molecule has 2 unspecified atom stereocenters. The molecule has 1 aliphatic heterocycles. The number of amides is 1. The van der Waals surface area contributed by atoms with Gasteiger partial charge in [-0.1, -0.05) is 36.8 Å². The molecule has 3 nitrogen and oxygen atoms in total. The van der Waals surface area contributed by atoms with Crippen LogP contribution in [0.5, 0.6) is 0 Å². The Kier molecular flexibility index (Phi) is 4.97. The van der Waals surface area contributed by atoms with E-state index in [0.29, 0.717) is 24.9 Å². The third-order valence-corrected chi connectivity index (χ3v) is 3.95. The lowest BCUT2D eigenvalue weighted by Gasteiger charge is -2.29. The van der Waals surface area contributed by atoms with Crippen molar-refractivity contribution in [1.29, 1.82) is 0 Å². The van der Waals surface area contributed by atoms with Gasteiger partial charge in [0.1, 0.15) is 0 Å². The molecule has 0 aromatic heterocycles. The second kappa shape index (κ2) is 6.71. The second-order valence-electron chi connectivity index (χ2n) is 5.65. The van der Waals surface area contributed by atoms with Gasteiger partial charge in [0.2, 0.25) is 5.91 Å². The highest BCUT2D eigenvalue weighted by molar-refractivity contribution is 5.76. The minimum Gasteiger partial charge on any atom is -0.352 e. The van der Waals surface area contributed by atoms with Gasteiger partial charge in [0.15, 0.2) is 0 Å². The minimum absolute atomic E-state index is 0.145. The topological polar surface area (TPSA) is 41.1 Å². The van der Waals surface area contributed by atoms with Crippen LogP contribution in [0.2, 0.25) is 0 Å². The lowest BCUT2D eigenvalue weighted by atomic mass is 9.90. The third kappa shape index (κ3) is 4.35. The molecule has 2 atom stereocenters. The van der Waals surface area contributed by atoms with Crippen molar-refractivity contribution in [2.75, 3.05) is 6.54 Å². The summed E-state index contributed by atoms with van der Waals surface area (Å²) in [6.07, 6.45) is 3.04. The maximum Gasteiger partial charge on any atom is 0.221 e. The van der Waals surface area contributed by atoms with Gasteiger partial charge in [-0.05, 0) is 37.8 Å². The van der Waals surface area contributed by atoms with Gasteiger partial charge >= 0.3 is 0 Å². The Morgan fingerprint density at radius 3 is 2.79 bits per heavy atom. The number of hydrogen-bond acceptors (Lipinski definition) is 2. The molecule has 1 amide bonds. The van der Waals surface area contributed by atoms with Crippen molar-refractivity contribution in [1.82, 2.24) is 10.6 Å². The largest absolute Gasteiger partial charge is 0.352 e. The van der Waals surface area contributed by atoms with E-state index in [-0.39, 0.29) is 5.91 Å². The maximum absolute atomic E-state index is 11.9. The number of benzene rings is 1. The standard InChI is InChI=1S/C16H24N2O/c1-12-5-7-14(8-6-12)11-18-16(19)10-15-13(2)4-3-9-17-15/h5-8,13,15,17H,3-4,9-11H2,1-2H3,(H,18,19). The van der Waals surface area contributed by atoms with Crippen LogP contribution < -0.4 is 10.6 Å². The Morgan fingerprint density at radius 1 is 1.37 bits per heavy atom. The van der Waals surface area contributed by atoms with E-state index in [0.717, 1.165) is 12.1 Å². The molecule has 1 aliphatic rings. The van der Waals surface area contributed by atoms with E-state index < -0.39 is 0 Å². The molecular formula is C16H24N2O. The van der Waals surface area contributed by atoms with Gasteiger partial charge in [-0.2, -0.15) is 0 Å². The molecule has 1 saturated heterocycles. The van der Waals surface area contributed by atoms with Crippen molar-refractivity contribution >= 4 is 5.91 Å². The van der Waals surface area contributed by atoms with Gasteiger partial charge in [-0.15, -0.1) is 0 Å². The quantitative estimate of drug-likeness (QED) is 0.872. The molecule has 104 valence electrons. The predicted octanol–water partition coefficient (Wildman–Crippen LogP) is 2.39. The SMILES string of the molecule is Cc1ccc(CNC(=O)CC2NCCCC2C)cc1. The van der Waals surface area contributed by atoms with Crippen molar-refractivity contribution < 1.29 is 4.79 Å². The normalized spacial score (nSPS) is 23.1. The van der Waals surface area contributed by atoms with Crippen LogP contribution >= 0.6 is 0 Å². The molecule has 0 saturated carbocycles. The van der Waals surface area contributed by atoms with Gasteiger partial charge < -0.3 is 10.6 Å². The van der Waals surface area contributed by atoms with Crippen molar-refractivity contribution in [3.63, 3.8) is 0 Å². The fourth-order valence-electron chi connectivity index (χ4n) is 2.57. The average molecular weight is 260 g/mol. The molecule has 1 heterocycles. The number of carbonyl (C=O) groups is 1. The number of piperidine rings is 1. The zero-order valence-corrected chi connectivity index (χ0v) is 11.9. The number of nitrogens with one attached hydrogen (secondary N) is 2. The maximum atomic E-state index is 11.9. The van der Waals surface area contributed by atoms with Gasteiger partial charge in [-0.3, -0.25) is 4.79 Å². The highest BCUT2D eigenvalue weighted by atomic mass is 16.1. The van der Waals surface area contributed by atoms with E-state index in [1.54, 1.807) is 0 Å². The fourth-order valence-corrected chi connectivity index (χ4v) is 2.57. The first kappa shape index (κ1) is 14.1. The van der Waals surface area contributed by atoms with E-state index >= 15 is 0 Å². The molecule has 1 fully saturated rings. The van der Waals surface area contributed by atoms with Crippen LogP contribution in [-0.4, -0.2) is 18.5 Å². The fraction of sp³-hybridized carbons (Fsp3) is 0.562. The van der Waals surface area contributed by atoms with Gasteiger partial charge in [0.05, 0.1) is 0 Å². The van der Waals surface area contributed by atoms with E-state index in [1.165, 1.54) is 18.4 Å². The summed E-state index contributed by atoms with van der Waals surface area (Å²) in [6, 6.07) is 8.62. The van der Waals surface area contributed by atoms with Crippen LogP contribution in [0.3, 0.4) is 0 Å². The summed E-state index contributed by atoms with van der Waals surface area (Å²) in [4.78, 5) is 11.9. The zero-order chi connectivity index (χ0) is 13.7. The van der Waals surface area contributed by atoms with Crippen molar-refractivity contribution in [3.8, 4) is 0 Å². The smallest absolute Gasteiger partial charge is 0.221 e. The lowest BCUT2D eigenvalue weighted by molar-refractivity contribution is -0.122. The highest BCUT2D eigenvalue weighted by Crippen LogP contribution is 2.17. The Morgan fingerprint density at radius 2 is 2.11 bits per heavy atom. The molecule has 1 aromatic rings. The summed E-state index contributed by atoms with van der Waals surface area (Å²) >= 11 is 0. The number of aryl methyl sites for hydroxylation is 1. The highest BCUT2D eigenvalue weighted by Gasteiger charge is 2.22. The Labute approximate surface area is 115 Å². The summed E-state index contributed by atoms with van der Waals surface area (Å²) in [7, 11) is 0. The molecule has 0 spiro atoms. The molecule has 0 aliphatic carbocycles. The van der Waals surface area contributed by atoms with Crippen LogP contribution in [0, 0.1) is 12.8 Å². The zero-order valence-electron chi connectivity index (χ0n) is 11.9. The van der Waals surface area contributed by atoms with Crippen LogP contribution in [0.15, 0.2) is 24.3 Å². The van der Waals surface area contributed by atoms with E-state index in [9.17, 15) is 4.79 Å². The Balaban J connectivity index is 1.76. The monoisotopic (exact) mass is 260 g/mol. The van der Waals surface area contributed by atoms with Gasteiger partial charge in [0, 0.05) is 19.0 Å². The third-order valence-electron chi connectivity index (χ3n) is 3.95. The number of carbonyl (C=O) groups excluding carboxylic acids is 1. The lowest BCUT2D eigenvalue weighted by Crippen LogP contribution is -2.43. The van der Waals surface area contributed by atoms with Crippen molar-refractivity contribution in [2.24, 2.45) is 5.92 Å². The molecule has 19 heavy (non-hydrogen) atoms. The van der Waals surface area contributed by atoms with Crippen LogP contribution in [0.25, 0.3) is 0 Å². The van der Waals surface area contributed by atoms with Crippen molar-refractivity contribution in [2.45, 2.75) is 45.7 Å². The molecule has 0 radical (unpaired) electrons. The molecule has 0 bridgehead atoms. The summed E-state index contributed by atoms with van der Waals surface area (Å²) in [5.74, 6) is 0.741. The van der Waals surface area contributed by atoms with E-state index in [4.69, 9.17) is 0 Å². The first-order valence-corrected chi connectivity index (χ1v) is 7.21. The Hall–Kier alpha value is -1.35. The molecular weight excluding hydrogens is 236 g/mol. The number of hydrogen-bond donors (Lipinski definition) is 2. The van der Waals surface area contributed by atoms with E-state index in [2.05, 4.69) is 48.7 Å². The average Bonchev–Trinajstić information content (AvgIpc) is 2.41. The summed E-state index contributed by atoms with van der Waals surface area (Å²) < 4.78 is 0. The first-order valence-electron chi connectivity index (χ1n) is 7.21. The molecule has 1 aromatic carbocycles.